The van der Waals surface area contributed by atoms with Crippen LogP contribution in [0.1, 0.15) is 78.0 Å². The van der Waals surface area contributed by atoms with Crippen LogP contribution in [0.5, 0.6) is 0 Å². The van der Waals surface area contributed by atoms with Crippen molar-refractivity contribution in [2.24, 2.45) is 0 Å². The van der Waals surface area contributed by atoms with E-state index in [0.717, 1.165) is 0 Å². The Morgan fingerprint density at radius 3 is 1.79 bits per heavy atom. The van der Waals surface area contributed by atoms with Crippen LogP contribution in [0.3, 0.4) is 0 Å². The molecule has 15 rings (SSSR count). The molecule has 0 N–H and O–H groups in total. The van der Waals surface area contributed by atoms with Crippen LogP contribution < -0.4 is 15.7 Å². The van der Waals surface area contributed by atoms with E-state index >= 15 is 0 Å². The van der Waals surface area contributed by atoms with Gasteiger partial charge in [0.1, 0.15) is 0 Å². The number of benzene rings is 8. The summed E-state index contributed by atoms with van der Waals surface area (Å²) < 4.78 is 10.8. The summed E-state index contributed by atoms with van der Waals surface area (Å²) in [6, 6.07) is 52.9. The smallest absolute Gasteiger partial charge is 0.333 e. The fourth-order valence-electron chi connectivity index (χ4n) is 12.6. The Labute approximate surface area is 396 Å². The maximum Gasteiger partial charge on any atom is 0.333 e. The summed E-state index contributed by atoms with van der Waals surface area (Å²) >= 11 is 5.82. The van der Waals surface area contributed by atoms with Crippen molar-refractivity contribution in [3.8, 4) is 16.8 Å². The third kappa shape index (κ3) is 4.92. The summed E-state index contributed by atoms with van der Waals surface area (Å²) in [5, 5.41) is 10.8. The highest BCUT2D eigenvalue weighted by Crippen LogP contribution is 2.53. The van der Waals surface area contributed by atoms with E-state index < -0.39 is 0 Å². The lowest BCUT2D eigenvalue weighted by atomic mass is 9.44. The number of anilines is 2. The lowest BCUT2D eigenvalue weighted by Gasteiger charge is -2.42. The van der Waals surface area contributed by atoms with Crippen LogP contribution in [0.15, 0.2) is 133 Å². The van der Waals surface area contributed by atoms with Crippen molar-refractivity contribution < 1.29 is 0 Å². The number of hydrogen-bond donors (Lipinski definition) is 0. The second-order valence-electron chi connectivity index (χ2n) is 21.9. The molecule has 2 nitrogen and oxygen atoms in total. The summed E-state index contributed by atoms with van der Waals surface area (Å²) in [4.78, 5) is 2.74. The van der Waals surface area contributed by atoms with Crippen LogP contribution in [0.4, 0.5) is 11.4 Å². The van der Waals surface area contributed by atoms with Gasteiger partial charge >= 0.3 is 6.85 Å². The second-order valence-corrected chi connectivity index (χ2v) is 25.2. The number of thiophene rings is 3. The first-order valence-corrected chi connectivity index (χ1v) is 26.1. The van der Waals surface area contributed by atoms with Gasteiger partial charge in [0.25, 0.3) is 0 Å². The first kappa shape index (κ1) is 38.2. The Morgan fingerprint density at radius 2 is 1.08 bits per heavy atom. The van der Waals surface area contributed by atoms with Crippen LogP contribution in [0, 0.1) is 0 Å². The van der Waals surface area contributed by atoms with E-state index in [9.17, 15) is 0 Å². The molecule has 6 heterocycles. The Balaban J connectivity index is 1.10. The molecule has 4 aromatic heterocycles. The zero-order chi connectivity index (χ0) is 44.3. The SMILES string of the molecule is CC(C)(C)c1ccc(N2B3c4cc5c(cc4-n4c6cc7c(cc6c6ccc(c3c64)-c3cc4sc6cc8c(cc6c4cc32)C(C)(C)CCC8(C)C)sc2ccccc27)sc2ccccc25)cc1. The first-order valence-electron chi connectivity index (χ1n) is 23.6. The van der Waals surface area contributed by atoms with E-state index in [2.05, 4.69) is 191 Å². The average molecular weight is 903 g/mol. The van der Waals surface area contributed by atoms with E-state index in [1.807, 2.05) is 34.0 Å². The van der Waals surface area contributed by atoms with E-state index in [1.54, 1.807) is 0 Å². The van der Waals surface area contributed by atoms with E-state index in [-0.39, 0.29) is 23.1 Å². The van der Waals surface area contributed by atoms with Crippen molar-refractivity contribution in [2.75, 3.05) is 4.81 Å². The standard InChI is InChI=1S/C60H47BN2S3/c1-58(2,3)32-16-18-33(19-17-32)63-48-27-43-40-24-44-45(60(6,7)23-22-59(44,4)5)30-54(40)66-53(43)28-38(48)36-20-21-37-39-29-52-42(35-13-9-11-15-51(35)64-52)26-47(39)62-49-31-55-41(34-12-8-10-14-50(34)65-55)25-46(49)61(63)56(36)57(37)62/h8-21,24-31H,22-23H2,1-7H3. The summed E-state index contributed by atoms with van der Waals surface area (Å²) in [6.07, 6.45) is 2.42. The van der Waals surface area contributed by atoms with Crippen molar-refractivity contribution in [3.63, 3.8) is 0 Å². The maximum absolute atomic E-state index is 2.74. The number of aromatic nitrogens is 1. The van der Waals surface area contributed by atoms with Gasteiger partial charge in [-0.2, -0.15) is 0 Å². The molecule has 0 atom stereocenters. The van der Waals surface area contributed by atoms with Gasteiger partial charge in [-0.05, 0) is 129 Å². The fourth-order valence-corrected chi connectivity index (χ4v) is 16.0. The Morgan fingerprint density at radius 1 is 0.485 bits per heavy atom. The molecule has 0 bridgehead atoms. The van der Waals surface area contributed by atoms with Gasteiger partial charge in [0.15, 0.2) is 0 Å². The van der Waals surface area contributed by atoms with Gasteiger partial charge < -0.3 is 9.38 Å². The minimum atomic E-state index is -0.0525. The normalized spacial score (nSPS) is 16.2. The molecule has 0 unspecified atom stereocenters. The van der Waals surface area contributed by atoms with Gasteiger partial charge in [0.2, 0.25) is 0 Å². The minimum Gasteiger partial charge on any atom is -0.376 e. The van der Waals surface area contributed by atoms with Crippen LogP contribution in [-0.2, 0) is 16.2 Å². The van der Waals surface area contributed by atoms with Gasteiger partial charge in [-0.15, -0.1) is 34.0 Å². The van der Waals surface area contributed by atoms with E-state index in [1.165, 1.54) is 151 Å². The molecule has 2 aliphatic heterocycles. The number of nitrogens with zero attached hydrogens (tertiary/aromatic N) is 2. The predicted octanol–water partition coefficient (Wildman–Crippen LogP) is 16.8. The number of hydrogen-bond acceptors (Lipinski definition) is 4. The zero-order valence-electron chi connectivity index (χ0n) is 38.3. The zero-order valence-corrected chi connectivity index (χ0v) is 40.8. The molecule has 0 fully saturated rings. The predicted molar refractivity (Wildman–Crippen MR) is 292 cm³/mol. The topological polar surface area (TPSA) is 8.17 Å². The van der Waals surface area contributed by atoms with Crippen molar-refractivity contribution in [1.29, 1.82) is 0 Å². The highest BCUT2D eigenvalue weighted by atomic mass is 32.1. The highest BCUT2D eigenvalue weighted by Gasteiger charge is 2.45. The Hall–Kier alpha value is -5.92. The van der Waals surface area contributed by atoms with Crippen LogP contribution in [0.25, 0.3) is 99.1 Å². The molecule has 0 saturated heterocycles. The molecule has 0 spiro atoms. The molecule has 0 amide bonds. The molecule has 6 heteroatoms. The first-order chi connectivity index (χ1) is 31.8. The molecule has 12 aromatic rings. The van der Waals surface area contributed by atoms with Gasteiger partial charge in [-0.3, -0.25) is 0 Å². The van der Waals surface area contributed by atoms with Crippen LogP contribution in [-0.4, -0.2) is 11.4 Å². The molecule has 66 heavy (non-hydrogen) atoms. The quantitative estimate of drug-likeness (QED) is 0.149. The third-order valence-corrected chi connectivity index (χ3v) is 19.6. The molecular formula is C60H47BN2S3. The number of rotatable bonds is 1. The minimum absolute atomic E-state index is 0.0450. The van der Waals surface area contributed by atoms with Crippen molar-refractivity contribution in [2.45, 2.75) is 77.6 Å². The van der Waals surface area contributed by atoms with Gasteiger partial charge in [-0.1, -0.05) is 115 Å². The lowest BCUT2D eigenvalue weighted by molar-refractivity contribution is 0.332. The van der Waals surface area contributed by atoms with Gasteiger partial charge in [-0.25, -0.2) is 0 Å². The van der Waals surface area contributed by atoms with Crippen molar-refractivity contribution >= 4 is 145 Å². The molecule has 318 valence electrons. The summed E-state index contributed by atoms with van der Waals surface area (Å²) in [6.45, 7) is 16.8. The highest BCUT2D eigenvalue weighted by molar-refractivity contribution is 7.26. The molecule has 8 aromatic carbocycles. The second kappa shape index (κ2) is 12.5. The van der Waals surface area contributed by atoms with E-state index in [0.29, 0.717) is 0 Å². The van der Waals surface area contributed by atoms with Crippen molar-refractivity contribution in [3.05, 3.63) is 150 Å². The Kier molecular flexibility index (Phi) is 7.26. The third-order valence-electron chi connectivity index (χ3n) is 16.2. The molecule has 0 radical (unpaired) electrons. The van der Waals surface area contributed by atoms with Crippen molar-refractivity contribution in [1.82, 2.24) is 4.57 Å². The van der Waals surface area contributed by atoms with Gasteiger partial charge in [0, 0.05) is 93.9 Å². The lowest BCUT2D eigenvalue weighted by Crippen LogP contribution is -2.60. The fraction of sp³-hybridized carbons (Fsp3) is 0.200. The Bertz CT molecular complexity index is 4170. The van der Waals surface area contributed by atoms with E-state index in [4.69, 9.17) is 0 Å². The van der Waals surface area contributed by atoms with Gasteiger partial charge in [0.05, 0.1) is 11.0 Å². The summed E-state index contributed by atoms with van der Waals surface area (Å²) in [7, 11) is 0. The summed E-state index contributed by atoms with van der Waals surface area (Å²) in [5.74, 6) is 0. The molecule has 3 aliphatic rings. The molecular weight excluding hydrogens is 856 g/mol. The number of fused-ring (bicyclic) bond motifs is 18. The monoisotopic (exact) mass is 902 g/mol. The summed E-state index contributed by atoms with van der Waals surface area (Å²) in [5.41, 5.74) is 16.6. The largest absolute Gasteiger partial charge is 0.376 e. The average Bonchev–Trinajstić information content (AvgIpc) is 4.05. The van der Waals surface area contributed by atoms with Crippen LogP contribution in [0.2, 0.25) is 0 Å². The van der Waals surface area contributed by atoms with Crippen LogP contribution >= 0.6 is 34.0 Å². The maximum atomic E-state index is 2.74. The molecule has 0 saturated carbocycles. The molecule has 1 aliphatic carbocycles.